The number of H-pyrrole nitrogens is 2. The van der Waals surface area contributed by atoms with Gasteiger partial charge in [-0.1, -0.05) is 47.5 Å². The van der Waals surface area contributed by atoms with Crippen molar-refractivity contribution in [3.05, 3.63) is 114 Å². The summed E-state index contributed by atoms with van der Waals surface area (Å²) in [6, 6.07) is 12.7. The Hall–Kier alpha value is -6.92. The zero-order chi connectivity index (χ0) is 45.3. The lowest BCUT2D eigenvalue weighted by Gasteiger charge is -2.33. The Labute approximate surface area is 382 Å². The van der Waals surface area contributed by atoms with Gasteiger partial charge in [-0.05, 0) is 61.8 Å². The van der Waals surface area contributed by atoms with E-state index in [1.54, 1.807) is 52.8 Å². The number of likely N-dealkylation sites (tertiary alicyclic amines) is 2. The largest absolute Gasteiger partial charge is 0.367 e. The summed E-state index contributed by atoms with van der Waals surface area (Å²) in [5.74, 6) is 0.287. The van der Waals surface area contributed by atoms with E-state index >= 15 is 0 Å². The van der Waals surface area contributed by atoms with Crippen molar-refractivity contribution >= 4 is 74.7 Å². The molecule has 2 saturated heterocycles. The topological polar surface area (TPSA) is 198 Å². The highest BCUT2D eigenvalue weighted by molar-refractivity contribution is 6.31. The molecule has 0 saturated carbocycles. The Morgan fingerprint density at radius 2 is 1.25 bits per heavy atom. The summed E-state index contributed by atoms with van der Waals surface area (Å²) in [7, 11) is 0. The number of amides is 4. The second kappa shape index (κ2) is 20.7. The number of nitrogens with zero attached hydrogens (tertiary/aromatic N) is 8. The van der Waals surface area contributed by atoms with Crippen LogP contribution in [-0.4, -0.2) is 108 Å². The number of nitrogens with one attached hydrogen (secondary N) is 6. The number of fused-ring (bicyclic) bond motifs is 2. The molecule has 2 atom stereocenters. The Kier molecular flexibility index (Phi) is 14.2. The van der Waals surface area contributed by atoms with Crippen LogP contribution in [0.15, 0.2) is 92.3 Å². The number of benzene rings is 1. The van der Waals surface area contributed by atoms with Crippen LogP contribution in [0.25, 0.3) is 44.8 Å². The van der Waals surface area contributed by atoms with E-state index in [2.05, 4.69) is 67.7 Å². The standard InChI is InChI=1S/C24H23ClFN7O.C21H23ClFN7O/c25-16-9-18-19(12-29-21(18)28-11-16)22-30-13-20(26)23(32-22)27-10-15-5-4-8-33(14-15)24(34)31-17-6-2-1-3-7-17;1-2-5-24-21(31)30-6-3-4-13(12-30)8-25-20-17(23)11-28-19(29-20)16-10-27-18-15(16)7-14(22)9-26-18/h1-3,6-7,9,11-13,15H,4-5,8,10,14H2,(H,28,29)(H,31,34)(H,27,30,32);2,7,9-11,13H,1,3-6,8,12H2,(H,24,31)(H,26,27)(H,25,28,29). The number of hydrogen-bond acceptors (Lipinski definition) is 10. The number of carbonyl (C=O) groups excluding carboxylic acids is 2. The Balaban J connectivity index is 0.000000178. The van der Waals surface area contributed by atoms with Gasteiger partial charge in [-0.2, -0.15) is 0 Å². The molecule has 20 heteroatoms. The average molecular weight is 924 g/mol. The molecule has 6 N–H and O–H groups in total. The molecule has 7 aromatic rings. The number of aromatic nitrogens is 8. The van der Waals surface area contributed by atoms with Gasteiger partial charge in [0, 0.05) is 98.2 Å². The lowest BCUT2D eigenvalue weighted by atomic mass is 9.98. The SMILES string of the molecule is C=CCNC(=O)N1CCCC(CNc2nc(-c3c[nH]c4ncc(Cl)cc34)ncc2F)C1.O=C(Nc1ccccc1)N1CCCC(CNc2nc(-c3c[nH]c4ncc(Cl)cc34)ncc2F)C1. The van der Waals surface area contributed by atoms with E-state index in [9.17, 15) is 18.4 Å². The number of carbonyl (C=O) groups is 2. The van der Waals surface area contributed by atoms with Crippen LogP contribution in [0.1, 0.15) is 25.7 Å². The fourth-order valence-electron chi connectivity index (χ4n) is 7.88. The van der Waals surface area contributed by atoms with Gasteiger partial charge in [-0.15, -0.1) is 6.58 Å². The van der Waals surface area contributed by atoms with Crippen LogP contribution in [0, 0.1) is 23.5 Å². The highest BCUT2D eigenvalue weighted by Gasteiger charge is 2.26. The number of urea groups is 2. The molecule has 1 aromatic carbocycles. The predicted molar refractivity (Wildman–Crippen MR) is 249 cm³/mol. The summed E-state index contributed by atoms with van der Waals surface area (Å²) in [6.07, 6.45) is 14.2. The van der Waals surface area contributed by atoms with E-state index in [4.69, 9.17) is 23.2 Å². The van der Waals surface area contributed by atoms with Crippen LogP contribution in [0.2, 0.25) is 10.0 Å². The first-order valence-electron chi connectivity index (χ1n) is 21.1. The molecular formula is C45H46Cl2F2N14O2. The molecule has 16 nitrogen and oxygen atoms in total. The molecule has 2 fully saturated rings. The smallest absolute Gasteiger partial charge is 0.321 e. The summed E-state index contributed by atoms with van der Waals surface area (Å²) in [5.41, 5.74) is 3.44. The van der Waals surface area contributed by atoms with Crippen molar-refractivity contribution in [1.29, 1.82) is 0 Å². The number of anilines is 3. The lowest BCUT2D eigenvalue weighted by Crippen LogP contribution is -2.46. The van der Waals surface area contributed by atoms with Gasteiger partial charge in [0.25, 0.3) is 0 Å². The van der Waals surface area contributed by atoms with Gasteiger partial charge < -0.3 is 41.0 Å². The van der Waals surface area contributed by atoms with Gasteiger partial charge in [0.15, 0.2) is 34.9 Å². The molecule has 2 aliphatic heterocycles. The van der Waals surface area contributed by atoms with Crippen LogP contribution in [0.5, 0.6) is 0 Å². The van der Waals surface area contributed by atoms with Gasteiger partial charge in [-0.25, -0.2) is 48.3 Å². The minimum Gasteiger partial charge on any atom is -0.367 e. The predicted octanol–water partition coefficient (Wildman–Crippen LogP) is 9.00. The summed E-state index contributed by atoms with van der Waals surface area (Å²) in [5, 5.41) is 14.4. The maximum Gasteiger partial charge on any atom is 0.321 e. The first-order chi connectivity index (χ1) is 31.6. The van der Waals surface area contributed by atoms with Crippen molar-refractivity contribution < 1.29 is 18.4 Å². The molecule has 8 heterocycles. The molecule has 6 aromatic heterocycles. The van der Waals surface area contributed by atoms with Crippen molar-refractivity contribution in [2.75, 3.05) is 61.8 Å². The molecule has 9 rings (SSSR count). The number of piperidine rings is 2. The van der Waals surface area contributed by atoms with E-state index in [1.165, 1.54) is 0 Å². The molecule has 0 radical (unpaired) electrons. The summed E-state index contributed by atoms with van der Waals surface area (Å²) >= 11 is 12.1. The summed E-state index contributed by atoms with van der Waals surface area (Å²) < 4.78 is 28.9. The van der Waals surface area contributed by atoms with E-state index in [0.717, 1.165) is 54.5 Å². The Bertz CT molecular complexity index is 2790. The van der Waals surface area contributed by atoms with Gasteiger partial charge in [0.1, 0.15) is 11.3 Å². The fourth-order valence-corrected chi connectivity index (χ4v) is 8.19. The lowest BCUT2D eigenvalue weighted by molar-refractivity contribution is 0.169. The van der Waals surface area contributed by atoms with E-state index in [1.807, 2.05) is 30.3 Å². The number of aromatic amines is 2. The Morgan fingerprint density at radius 3 is 1.75 bits per heavy atom. The average Bonchev–Trinajstić information content (AvgIpc) is 3.95. The maximum absolute atomic E-state index is 14.5. The van der Waals surface area contributed by atoms with Gasteiger partial charge in [-0.3, -0.25) is 0 Å². The van der Waals surface area contributed by atoms with Crippen molar-refractivity contribution in [2.45, 2.75) is 25.7 Å². The third-order valence-electron chi connectivity index (χ3n) is 11.1. The molecule has 2 aliphatic rings. The van der Waals surface area contributed by atoms with Crippen LogP contribution in [-0.2, 0) is 0 Å². The molecule has 336 valence electrons. The van der Waals surface area contributed by atoms with Gasteiger partial charge >= 0.3 is 12.1 Å². The van der Waals surface area contributed by atoms with E-state index < -0.39 is 11.6 Å². The molecular weight excluding hydrogens is 877 g/mol. The minimum absolute atomic E-state index is 0.105. The zero-order valence-electron chi connectivity index (χ0n) is 35.1. The number of para-hydroxylation sites is 1. The van der Waals surface area contributed by atoms with Crippen LogP contribution < -0.4 is 21.3 Å². The van der Waals surface area contributed by atoms with E-state index in [0.29, 0.717) is 89.9 Å². The third-order valence-corrected chi connectivity index (χ3v) is 11.5. The highest BCUT2D eigenvalue weighted by Crippen LogP contribution is 2.30. The highest BCUT2D eigenvalue weighted by atomic mass is 35.5. The number of rotatable bonds is 11. The van der Waals surface area contributed by atoms with Crippen molar-refractivity contribution in [1.82, 2.24) is 55.0 Å². The molecule has 4 amide bonds. The number of halogens is 4. The second-order valence-corrected chi connectivity index (χ2v) is 16.6. The molecule has 0 spiro atoms. The zero-order valence-corrected chi connectivity index (χ0v) is 36.6. The molecule has 0 aliphatic carbocycles. The molecule has 65 heavy (non-hydrogen) atoms. The quantitative estimate of drug-likeness (QED) is 0.0681. The molecule has 0 bridgehead atoms. The number of pyridine rings is 2. The van der Waals surface area contributed by atoms with Crippen LogP contribution >= 0.6 is 23.2 Å². The van der Waals surface area contributed by atoms with Crippen molar-refractivity contribution in [3.8, 4) is 22.8 Å². The minimum atomic E-state index is -0.533. The fraction of sp³-hybridized carbons (Fsp3) is 0.289. The first kappa shape index (κ1) is 44.7. The van der Waals surface area contributed by atoms with Crippen LogP contribution in [0.3, 0.4) is 0 Å². The van der Waals surface area contributed by atoms with Crippen molar-refractivity contribution in [3.63, 3.8) is 0 Å². The van der Waals surface area contributed by atoms with E-state index in [-0.39, 0.29) is 35.5 Å². The number of hydrogen-bond donors (Lipinski definition) is 6. The maximum atomic E-state index is 14.5. The second-order valence-electron chi connectivity index (χ2n) is 15.7. The summed E-state index contributed by atoms with van der Waals surface area (Å²) in [4.78, 5) is 60.1. The Morgan fingerprint density at radius 1 is 0.738 bits per heavy atom. The van der Waals surface area contributed by atoms with Gasteiger partial charge in [0.05, 0.1) is 22.4 Å². The molecule has 2 unspecified atom stereocenters. The van der Waals surface area contributed by atoms with Gasteiger partial charge in [0.2, 0.25) is 0 Å². The normalized spacial score (nSPS) is 16.1. The first-order valence-corrected chi connectivity index (χ1v) is 21.9. The van der Waals surface area contributed by atoms with Crippen LogP contribution in [0.4, 0.5) is 35.7 Å². The monoisotopic (exact) mass is 922 g/mol. The van der Waals surface area contributed by atoms with Crippen molar-refractivity contribution in [2.24, 2.45) is 11.8 Å². The third kappa shape index (κ3) is 11.1. The summed E-state index contributed by atoms with van der Waals surface area (Å²) in [6.45, 7) is 7.61.